The highest BCUT2D eigenvalue weighted by Crippen LogP contribution is 2.52. The van der Waals surface area contributed by atoms with Gasteiger partial charge in [0.2, 0.25) is 0 Å². The molecule has 2 bridgehead atoms. The van der Waals surface area contributed by atoms with E-state index in [1.54, 1.807) is 14.1 Å². The van der Waals surface area contributed by atoms with Crippen LogP contribution in [0.5, 0.6) is 0 Å². The first-order valence-corrected chi connectivity index (χ1v) is 11.6. The molecule has 5 atom stereocenters. The molecule has 0 aromatic carbocycles. The van der Waals surface area contributed by atoms with Gasteiger partial charge in [-0.15, -0.1) is 0 Å². The van der Waals surface area contributed by atoms with Crippen molar-refractivity contribution in [2.75, 3.05) is 20.7 Å². The summed E-state index contributed by atoms with van der Waals surface area (Å²) in [5.41, 5.74) is -0.953. The minimum Gasteiger partial charge on any atom is -0.442 e. The number of ether oxygens (including phenoxy) is 2. The molecule has 2 aliphatic heterocycles. The number of aliphatic hydroxyl groups is 1. The number of carbonyl (C=O) groups is 1. The molecule has 1 amide bonds. The van der Waals surface area contributed by atoms with Gasteiger partial charge < -0.3 is 23.9 Å². The third-order valence-electron chi connectivity index (χ3n) is 5.99. The van der Waals surface area contributed by atoms with Gasteiger partial charge in [-0.05, 0) is 18.1 Å². The van der Waals surface area contributed by atoms with Crippen LogP contribution in [0.1, 0.15) is 34.1 Å². The first kappa shape index (κ1) is 19.7. The van der Waals surface area contributed by atoms with Gasteiger partial charge in [0.1, 0.15) is 6.10 Å². The molecule has 0 spiro atoms. The van der Waals surface area contributed by atoms with Gasteiger partial charge in [0.25, 0.3) is 0 Å². The third kappa shape index (κ3) is 3.11. The number of aliphatic hydroxyl groups excluding tert-OH is 1. The summed E-state index contributed by atoms with van der Waals surface area (Å²) in [5.74, 6) is 0.0420. The van der Waals surface area contributed by atoms with E-state index in [0.29, 0.717) is 0 Å². The van der Waals surface area contributed by atoms with Gasteiger partial charge in [0.05, 0.1) is 18.8 Å². The molecule has 0 aromatic heterocycles. The van der Waals surface area contributed by atoms with Crippen molar-refractivity contribution in [3.05, 3.63) is 0 Å². The lowest BCUT2D eigenvalue weighted by molar-refractivity contribution is -0.128. The summed E-state index contributed by atoms with van der Waals surface area (Å²) in [6.07, 6.45) is -0.464. The molecule has 2 rings (SSSR count). The highest BCUT2D eigenvalue weighted by Gasteiger charge is 2.66. The second-order valence-electron chi connectivity index (χ2n) is 8.93. The van der Waals surface area contributed by atoms with Crippen molar-refractivity contribution in [2.45, 2.75) is 76.2 Å². The second kappa shape index (κ2) is 6.27. The Morgan fingerprint density at radius 2 is 1.96 bits per heavy atom. The molecule has 7 heteroatoms. The van der Waals surface area contributed by atoms with E-state index >= 15 is 0 Å². The summed E-state index contributed by atoms with van der Waals surface area (Å²) in [5, 5.41) is 10.2. The van der Waals surface area contributed by atoms with Gasteiger partial charge >= 0.3 is 6.09 Å². The van der Waals surface area contributed by atoms with E-state index in [-0.39, 0.29) is 29.8 Å². The molecule has 2 saturated heterocycles. The van der Waals surface area contributed by atoms with Crippen molar-refractivity contribution in [3.8, 4) is 0 Å². The number of nitrogens with zero attached hydrogens (tertiary/aromatic N) is 1. The number of hydrogen-bond donors (Lipinski definition) is 1. The molecule has 2 aliphatic rings. The molecule has 0 radical (unpaired) electrons. The number of fused-ring (bicyclic) bond motifs is 2. The van der Waals surface area contributed by atoms with Crippen LogP contribution in [0.4, 0.5) is 4.79 Å². The molecule has 0 saturated carbocycles. The standard InChI is InChI=1S/C17H33NO5Si/c1-11-12-9-13(23-24(7,8)16(2,3)4)17(10-19,22-12)14(11)21-15(20)18(5)6/h11-14,19H,9-10H2,1-8H3/t11-,12-,13-,14+,17-/m1/s1. The first-order valence-electron chi connectivity index (χ1n) is 8.70. The Hall–Kier alpha value is -0.633. The van der Waals surface area contributed by atoms with Crippen LogP contribution in [0.3, 0.4) is 0 Å². The van der Waals surface area contributed by atoms with Gasteiger partial charge in [-0.3, -0.25) is 0 Å². The highest BCUT2D eigenvalue weighted by atomic mass is 28.4. The zero-order valence-electron chi connectivity index (χ0n) is 16.3. The third-order valence-corrected chi connectivity index (χ3v) is 10.5. The normalized spacial score (nSPS) is 36.0. The Balaban J connectivity index is 2.25. The first-order chi connectivity index (χ1) is 10.9. The van der Waals surface area contributed by atoms with Crippen LogP contribution in [0.25, 0.3) is 0 Å². The fraction of sp³-hybridized carbons (Fsp3) is 0.941. The van der Waals surface area contributed by atoms with Crippen LogP contribution in [-0.2, 0) is 13.9 Å². The van der Waals surface area contributed by atoms with Crippen molar-refractivity contribution in [1.29, 1.82) is 0 Å². The zero-order valence-corrected chi connectivity index (χ0v) is 17.3. The van der Waals surface area contributed by atoms with Gasteiger partial charge in [-0.25, -0.2) is 4.79 Å². The van der Waals surface area contributed by atoms with E-state index < -0.39 is 26.1 Å². The predicted octanol–water partition coefficient (Wildman–Crippen LogP) is 2.61. The number of hydrogen-bond acceptors (Lipinski definition) is 5. The van der Waals surface area contributed by atoms with Crippen LogP contribution in [0.15, 0.2) is 0 Å². The van der Waals surface area contributed by atoms with E-state index in [1.807, 2.05) is 6.92 Å². The average Bonchev–Trinajstić information content (AvgIpc) is 2.92. The van der Waals surface area contributed by atoms with E-state index in [1.165, 1.54) is 4.90 Å². The molecule has 0 aliphatic carbocycles. The topological polar surface area (TPSA) is 68.2 Å². The van der Waals surface area contributed by atoms with E-state index in [0.717, 1.165) is 6.42 Å². The van der Waals surface area contributed by atoms with Crippen LogP contribution < -0.4 is 0 Å². The van der Waals surface area contributed by atoms with Crippen molar-refractivity contribution in [3.63, 3.8) is 0 Å². The summed E-state index contributed by atoms with van der Waals surface area (Å²) in [7, 11) is 1.27. The second-order valence-corrected chi connectivity index (χ2v) is 13.7. The zero-order chi connectivity index (χ0) is 18.5. The van der Waals surface area contributed by atoms with Crippen LogP contribution in [0, 0.1) is 5.92 Å². The lowest BCUT2D eigenvalue weighted by atomic mass is 9.77. The van der Waals surface area contributed by atoms with Crippen molar-refractivity contribution < 1.29 is 23.8 Å². The Labute approximate surface area is 146 Å². The summed E-state index contributed by atoms with van der Waals surface area (Å²) in [6.45, 7) is 12.7. The van der Waals surface area contributed by atoms with Crippen molar-refractivity contribution in [2.24, 2.45) is 5.92 Å². The molecular weight excluding hydrogens is 326 g/mol. The lowest BCUT2D eigenvalue weighted by Gasteiger charge is -2.45. The van der Waals surface area contributed by atoms with Gasteiger partial charge in [-0.1, -0.05) is 27.7 Å². The maximum atomic E-state index is 12.1. The molecule has 140 valence electrons. The Morgan fingerprint density at radius 3 is 2.42 bits per heavy atom. The van der Waals surface area contributed by atoms with Crippen LogP contribution in [0.2, 0.25) is 18.1 Å². The van der Waals surface area contributed by atoms with Crippen molar-refractivity contribution in [1.82, 2.24) is 4.90 Å². The summed E-state index contributed by atoms with van der Waals surface area (Å²) in [4.78, 5) is 13.5. The Kier molecular flexibility index (Phi) is 5.14. The maximum absolute atomic E-state index is 12.1. The SMILES string of the molecule is C[C@@H]1[C@H]2C[C@@H](O[Si](C)(C)C(C)(C)C)[C@@](CO)(O2)[C@H]1OC(=O)N(C)C. The number of carbonyl (C=O) groups excluding carboxylic acids is 1. The fourth-order valence-corrected chi connectivity index (χ4v) is 4.72. The number of rotatable bonds is 4. The van der Waals surface area contributed by atoms with E-state index in [4.69, 9.17) is 13.9 Å². The Bertz CT molecular complexity index is 490. The molecule has 24 heavy (non-hydrogen) atoms. The molecule has 2 heterocycles. The van der Waals surface area contributed by atoms with Crippen LogP contribution in [-0.4, -0.2) is 69.0 Å². The van der Waals surface area contributed by atoms with Gasteiger partial charge in [0.15, 0.2) is 13.9 Å². The average molecular weight is 360 g/mol. The van der Waals surface area contributed by atoms with Gasteiger partial charge in [-0.2, -0.15) is 0 Å². The van der Waals surface area contributed by atoms with E-state index in [9.17, 15) is 9.90 Å². The smallest absolute Gasteiger partial charge is 0.409 e. The fourth-order valence-electron chi connectivity index (χ4n) is 3.36. The minimum atomic E-state index is -2.03. The van der Waals surface area contributed by atoms with Gasteiger partial charge in [0, 0.05) is 26.4 Å². The summed E-state index contributed by atoms with van der Waals surface area (Å²) >= 11 is 0. The quantitative estimate of drug-likeness (QED) is 0.782. The minimum absolute atomic E-state index is 0.0420. The summed E-state index contributed by atoms with van der Waals surface area (Å²) < 4.78 is 18.4. The maximum Gasteiger partial charge on any atom is 0.409 e. The molecule has 0 unspecified atom stereocenters. The summed E-state index contributed by atoms with van der Waals surface area (Å²) in [6, 6.07) is 0. The predicted molar refractivity (Wildman–Crippen MR) is 94.5 cm³/mol. The number of amides is 1. The largest absolute Gasteiger partial charge is 0.442 e. The van der Waals surface area contributed by atoms with Crippen LogP contribution >= 0.6 is 0 Å². The highest BCUT2D eigenvalue weighted by molar-refractivity contribution is 6.74. The Morgan fingerprint density at radius 1 is 1.38 bits per heavy atom. The monoisotopic (exact) mass is 359 g/mol. The molecule has 1 N–H and O–H groups in total. The van der Waals surface area contributed by atoms with E-state index in [2.05, 4.69) is 33.9 Å². The molecule has 6 nitrogen and oxygen atoms in total. The lowest BCUT2D eigenvalue weighted by Crippen LogP contribution is -2.60. The molecular formula is C17H33NO5Si. The molecule has 0 aromatic rings. The van der Waals surface area contributed by atoms with Crippen molar-refractivity contribution >= 4 is 14.4 Å². The molecule has 2 fully saturated rings.